The molecule has 0 unspecified atom stereocenters. The van der Waals surface area contributed by atoms with E-state index >= 15 is 0 Å². The number of hydrogen-bond donors (Lipinski definition) is 2. The molecule has 0 aromatic heterocycles. The molecule has 0 heterocycles. The van der Waals surface area contributed by atoms with Crippen LogP contribution in [0.25, 0.3) is 0 Å². The summed E-state index contributed by atoms with van der Waals surface area (Å²) in [6.07, 6.45) is 1.00. The SMILES string of the molecule is CC(C)(C)CCOCC(=N)N. The van der Waals surface area contributed by atoms with Crippen LogP contribution in [0.15, 0.2) is 0 Å². The summed E-state index contributed by atoms with van der Waals surface area (Å²) in [4.78, 5) is 0. The van der Waals surface area contributed by atoms with Crippen LogP contribution in [0, 0.1) is 10.8 Å². The van der Waals surface area contributed by atoms with Gasteiger partial charge in [-0.2, -0.15) is 0 Å². The standard InChI is InChI=1S/C8H18N2O/c1-8(2,3)4-5-11-6-7(9)10/h4-6H2,1-3H3,(H3,9,10). The Morgan fingerprint density at radius 3 is 2.36 bits per heavy atom. The van der Waals surface area contributed by atoms with E-state index in [0.717, 1.165) is 6.42 Å². The van der Waals surface area contributed by atoms with Crippen molar-refractivity contribution in [2.45, 2.75) is 27.2 Å². The van der Waals surface area contributed by atoms with E-state index in [9.17, 15) is 0 Å². The fraction of sp³-hybridized carbons (Fsp3) is 0.875. The van der Waals surface area contributed by atoms with Gasteiger partial charge in [-0.1, -0.05) is 20.8 Å². The highest BCUT2D eigenvalue weighted by Crippen LogP contribution is 2.17. The van der Waals surface area contributed by atoms with Crippen molar-refractivity contribution in [2.75, 3.05) is 13.2 Å². The lowest BCUT2D eigenvalue weighted by Crippen LogP contribution is -2.19. The van der Waals surface area contributed by atoms with Crippen molar-refractivity contribution >= 4 is 5.84 Å². The molecule has 0 bridgehead atoms. The minimum absolute atomic E-state index is 0.0962. The van der Waals surface area contributed by atoms with Gasteiger partial charge >= 0.3 is 0 Å². The Balaban J connectivity index is 3.22. The summed E-state index contributed by atoms with van der Waals surface area (Å²) in [5, 5.41) is 6.88. The van der Waals surface area contributed by atoms with Gasteiger partial charge in [-0.3, -0.25) is 5.41 Å². The first-order valence-electron chi connectivity index (χ1n) is 3.82. The molecule has 0 fully saturated rings. The number of amidine groups is 1. The second-order valence-corrected chi connectivity index (χ2v) is 3.89. The van der Waals surface area contributed by atoms with Gasteiger partial charge < -0.3 is 10.5 Å². The van der Waals surface area contributed by atoms with E-state index < -0.39 is 0 Å². The molecule has 3 N–H and O–H groups in total. The van der Waals surface area contributed by atoms with Crippen LogP contribution >= 0.6 is 0 Å². The highest BCUT2D eigenvalue weighted by atomic mass is 16.5. The number of rotatable bonds is 4. The number of nitrogens with one attached hydrogen (secondary N) is 1. The van der Waals surface area contributed by atoms with E-state index in [-0.39, 0.29) is 12.4 Å². The fourth-order valence-electron chi connectivity index (χ4n) is 0.560. The van der Waals surface area contributed by atoms with Gasteiger partial charge in [0.25, 0.3) is 0 Å². The second-order valence-electron chi connectivity index (χ2n) is 3.89. The molecule has 0 rings (SSSR count). The molecular formula is C8H18N2O. The number of nitrogens with two attached hydrogens (primary N) is 1. The Hall–Kier alpha value is -0.570. The van der Waals surface area contributed by atoms with Crippen LogP contribution in [0.2, 0.25) is 0 Å². The molecule has 0 saturated heterocycles. The highest BCUT2D eigenvalue weighted by Gasteiger charge is 2.08. The van der Waals surface area contributed by atoms with E-state index in [1.54, 1.807) is 0 Å². The molecule has 0 atom stereocenters. The maximum absolute atomic E-state index is 6.88. The third-order valence-corrected chi connectivity index (χ3v) is 1.25. The van der Waals surface area contributed by atoms with Gasteiger partial charge in [0, 0.05) is 6.61 Å². The lowest BCUT2D eigenvalue weighted by Gasteiger charge is -2.17. The second kappa shape index (κ2) is 4.34. The minimum atomic E-state index is 0.0962. The normalized spacial score (nSPS) is 11.5. The Morgan fingerprint density at radius 2 is 2.00 bits per heavy atom. The first-order valence-corrected chi connectivity index (χ1v) is 3.82. The van der Waals surface area contributed by atoms with E-state index in [1.165, 1.54) is 0 Å². The molecule has 0 amide bonds. The highest BCUT2D eigenvalue weighted by molar-refractivity contribution is 5.78. The Bertz CT molecular complexity index is 127. The van der Waals surface area contributed by atoms with Crippen molar-refractivity contribution in [2.24, 2.45) is 11.1 Å². The zero-order chi connectivity index (χ0) is 8.91. The summed E-state index contributed by atoms with van der Waals surface area (Å²) >= 11 is 0. The largest absolute Gasteiger partial charge is 0.386 e. The average molecular weight is 158 g/mol. The molecule has 0 saturated carbocycles. The lowest BCUT2D eigenvalue weighted by molar-refractivity contribution is 0.138. The Kier molecular flexibility index (Phi) is 4.11. The van der Waals surface area contributed by atoms with Crippen LogP contribution in [-0.4, -0.2) is 19.0 Å². The van der Waals surface area contributed by atoms with Crippen LogP contribution in [-0.2, 0) is 4.74 Å². The molecule has 3 nitrogen and oxygen atoms in total. The maximum atomic E-state index is 6.88. The minimum Gasteiger partial charge on any atom is -0.386 e. The Labute approximate surface area is 68.4 Å². The molecule has 0 aliphatic carbocycles. The van der Waals surface area contributed by atoms with E-state index in [2.05, 4.69) is 20.8 Å². The molecule has 3 heteroatoms. The van der Waals surface area contributed by atoms with Gasteiger partial charge in [0.1, 0.15) is 12.4 Å². The van der Waals surface area contributed by atoms with E-state index in [0.29, 0.717) is 12.0 Å². The molecule has 0 spiro atoms. The van der Waals surface area contributed by atoms with Gasteiger partial charge in [-0.25, -0.2) is 0 Å². The molecule has 0 aromatic rings. The van der Waals surface area contributed by atoms with Crippen LogP contribution in [0.5, 0.6) is 0 Å². The lowest BCUT2D eigenvalue weighted by atomic mass is 9.93. The maximum Gasteiger partial charge on any atom is 0.117 e. The van der Waals surface area contributed by atoms with Gasteiger partial charge in [0.05, 0.1) is 0 Å². The topological polar surface area (TPSA) is 59.1 Å². The third kappa shape index (κ3) is 9.43. The summed E-state index contributed by atoms with van der Waals surface area (Å²) in [6.45, 7) is 7.41. The third-order valence-electron chi connectivity index (χ3n) is 1.25. The number of hydrogen-bond acceptors (Lipinski definition) is 2. The molecule has 66 valence electrons. The van der Waals surface area contributed by atoms with Crippen molar-refractivity contribution in [3.05, 3.63) is 0 Å². The monoisotopic (exact) mass is 158 g/mol. The quantitative estimate of drug-likeness (QED) is 0.369. The molecule has 11 heavy (non-hydrogen) atoms. The summed E-state index contributed by atoms with van der Waals surface area (Å²) in [6, 6.07) is 0. The van der Waals surface area contributed by atoms with Crippen molar-refractivity contribution < 1.29 is 4.74 Å². The molecular weight excluding hydrogens is 140 g/mol. The van der Waals surface area contributed by atoms with Gasteiger partial charge in [0.15, 0.2) is 0 Å². The first kappa shape index (κ1) is 10.4. The fourth-order valence-corrected chi connectivity index (χ4v) is 0.560. The molecule has 0 aromatic carbocycles. The van der Waals surface area contributed by atoms with Crippen LogP contribution in [0.3, 0.4) is 0 Å². The average Bonchev–Trinajstić information content (AvgIpc) is 1.78. The van der Waals surface area contributed by atoms with Gasteiger partial charge in [-0.05, 0) is 11.8 Å². The van der Waals surface area contributed by atoms with E-state index in [4.69, 9.17) is 15.9 Å². The Morgan fingerprint density at radius 1 is 1.45 bits per heavy atom. The van der Waals surface area contributed by atoms with E-state index in [1.807, 2.05) is 0 Å². The zero-order valence-electron chi connectivity index (χ0n) is 7.61. The van der Waals surface area contributed by atoms with Gasteiger partial charge in [-0.15, -0.1) is 0 Å². The van der Waals surface area contributed by atoms with Crippen molar-refractivity contribution in [3.63, 3.8) is 0 Å². The van der Waals surface area contributed by atoms with Crippen LogP contribution in [0.4, 0.5) is 0 Å². The summed E-state index contributed by atoms with van der Waals surface area (Å²) in [7, 11) is 0. The van der Waals surface area contributed by atoms with Crippen molar-refractivity contribution in [1.29, 1.82) is 5.41 Å². The zero-order valence-corrected chi connectivity index (χ0v) is 7.61. The smallest absolute Gasteiger partial charge is 0.117 e. The molecule has 0 aliphatic rings. The van der Waals surface area contributed by atoms with Crippen molar-refractivity contribution in [3.8, 4) is 0 Å². The summed E-state index contributed by atoms with van der Waals surface area (Å²) in [5.74, 6) is 0.0962. The predicted octanol–water partition coefficient (Wildman–Crippen LogP) is 1.38. The van der Waals surface area contributed by atoms with Crippen molar-refractivity contribution in [1.82, 2.24) is 0 Å². The first-order chi connectivity index (χ1) is 4.92. The van der Waals surface area contributed by atoms with Crippen LogP contribution in [0.1, 0.15) is 27.2 Å². The van der Waals surface area contributed by atoms with Gasteiger partial charge in [0.2, 0.25) is 0 Å². The van der Waals surface area contributed by atoms with Crippen LogP contribution < -0.4 is 5.73 Å². The summed E-state index contributed by atoms with van der Waals surface area (Å²) in [5.41, 5.74) is 5.40. The molecule has 0 radical (unpaired) electrons. The number of ether oxygens (including phenoxy) is 1. The summed E-state index contributed by atoms with van der Waals surface area (Å²) < 4.78 is 5.12. The molecule has 0 aliphatic heterocycles. The predicted molar refractivity (Wildman–Crippen MR) is 46.8 cm³/mol.